The van der Waals surface area contributed by atoms with Crippen LogP contribution in [0.25, 0.3) is 0 Å². The Hall–Kier alpha value is -2.48. The van der Waals surface area contributed by atoms with E-state index in [-0.39, 0.29) is 6.61 Å². The first kappa shape index (κ1) is 23.8. The Bertz CT molecular complexity index is 508. The average Bonchev–Trinajstić information content (AvgIpc) is 2.45. The van der Waals surface area contributed by atoms with Gasteiger partial charge in [-0.05, 0) is 13.8 Å². The summed E-state index contributed by atoms with van der Waals surface area (Å²) in [5.74, 6) is -1.30. The SMILES string of the molecule is CC#COC[C@H](N)C(=O)NC(C)(C)C(=O)OC.O=C(O)C(F)(F)F. The molecule has 138 valence electrons. The maximum atomic E-state index is 11.6. The van der Waals surface area contributed by atoms with Crippen LogP contribution in [0.3, 0.4) is 0 Å². The third-order valence-electron chi connectivity index (χ3n) is 2.15. The Morgan fingerprint density at radius 1 is 1.29 bits per heavy atom. The third-order valence-corrected chi connectivity index (χ3v) is 2.15. The molecule has 0 aliphatic rings. The zero-order valence-corrected chi connectivity index (χ0v) is 13.5. The lowest BCUT2D eigenvalue weighted by atomic mass is 10.1. The number of carboxylic acid groups (broad SMARTS) is 1. The van der Waals surface area contributed by atoms with E-state index in [0.29, 0.717) is 0 Å². The minimum Gasteiger partial charge on any atom is -0.475 e. The Labute approximate surface area is 136 Å². The number of halogens is 3. The molecule has 0 aromatic rings. The number of hydrogen-bond donors (Lipinski definition) is 3. The largest absolute Gasteiger partial charge is 0.490 e. The number of esters is 1. The van der Waals surface area contributed by atoms with Crippen molar-refractivity contribution in [3.63, 3.8) is 0 Å². The Kier molecular flexibility index (Phi) is 10.2. The fourth-order valence-corrected chi connectivity index (χ4v) is 0.986. The summed E-state index contributed by atoms with van der Waals surface area (Å²) in [6.07, 6.45) is -2.75. The molecule has 0 aliphatic heterocycles. The van der Waals surface area contributed by atoms with E-state index in [2.05, 4.69) is 22.1 Å². The predicted octanol–water partition coefficient (Wildman–Crippen LogP) is 0.0122. The Morgan fingerprint density at radius 3 is 2.08 bits per heavy atom. The fourth-order valence-electron chi connectivity index (χ4n) is 0.986. The molecular weight excluding hydrogens is 337 g/mol. The molecule has 0 heterocycles. The van der Waals surface area contributed by atoms with Gasteiger partial charge in [-0.2, -0.15) is 13.2 Å². The highest BCUT2D eigenvalue weighted by Gasteiger charge is 2.38. The number of hydrogen-bond acceptors (Lipinski definition) is 6. The predicted molar refractivity (Wildman–Crippen MR) is 75.3 cm³/mol. The molecule has 0 aromatic heterocycles. The van der Waals surface area contributed by atoms with Gasteiger partial charge in [-0.3, -0.25) is 4.79 Å². The van der Waals surface area contributed by atoms with E-state index in [4.69, 9.17) is 20.4 Å². The molecule has 0 saturated heterocycles. The summed E-state index contributed by atoms with van der Waals surface area (Å²) in [6, 6.07) is -0.889. The van der Waals surface area contributed by atoms with E-state index < -0.39 is 35.6 Å². The standard InChI is InChI=1S/C11H18N2O4.C2HF3O2/c1-5-6-17-7-8(12)9(14)13-11(2,3)10(15)16-4;3-2(4,5)1(6)7/h8H,7,12H2,1-4H3,(H,13,14);(H,6,7)/t8-;/m0./s1. The molecule has 0 unspecified atom stereocenters. The molecule has 0 saturated carbocycles. The lowest BCUT2D eigenvalue weighted by Crippen LogP contribution is -2.55. The second-order valence-corrected chi connectivity index (χ2v) is 4.68. The second kappa shape index (κ2) is 10.3. The quantitative estimate of drug-likeness (QED) is 0.468. The van der Waals surface area contributed by atoms with Crippen molar-refractivity contribution in [3.05, 3.63) is 0 Å². The summed E-state index contributed by atoms with van der Waals surface area (Å²) >= 11 is 0. The maximum Gasteiger partial charge on any atom is 0.490 e. The molecule has 1 amide bonds. The van der Waals surface area contributed by atoms with Crippen molar-refractivity contribution in [2.45, 2.75) is 38.5 Å². The normalized spacial score (nSPS) is 11.7. The van der Waals surface area contributed by atoms with Crippen LogP contribution in [0.1, 0.15) is 20.8 Å². The number of nitrogens with two attached hydrogens (primary N) is 1. The van der Waals surface area contributed by atoms with Gasteiger partial charge in [0.1, 0.15) is 24.3 Å². The van der Waals surface area contributed by atoms with Crippen LogP contribution in [0.5, 0.6) is 0 Å². The van der Waals surface area contributed by atoms with Crippen molar-refractivity contribution in [2.75, 3.05) is 13.7 Å². The van der Waals surface area contributed by atoms with Gasteiger partial charge in [-0.25, -0.2) is 9.59 Å². The van der Waals surface area contributed by atoms with E-state index in [9.17, 15) is 22.8 Å². The number of amides is 1. The second-order valence-electron chi connectivity index (χ2n) is 4.68. The highest BCUT2D eigenvalue weighted by Crippen LogP contribution is 2.13. The van der Waals surface area contributed by atoms with Gasteiger partial charge in [0.15, 0.2) is 0 Å². The molecular formula is C13H19F3N2O6. The first-order valence-corrected chi connectivity index (χ1v) is 6.29. The summed E-state index contributed by atoms with van der Waals surface area (Å²) in [5, 5.41) is 9.59. The minimum atomic E-state index is -5.08. The summed E-state index contributed by atoms with van der Waals surface area (Å²) in [7, 11) is 1.25. The number of carboxylic acids is 1. The summed E-state index contributed by atoms with van der Waals surface area (Å²) in [5.41, 5.74) is 4.42. The molecule has 0 aromatic carbocycles. The van der Waals surface area contributed by atoms with Crippen molar-refractivity contribution < 1.29 is 42.1 Å². The third kappa shape index (κ3) is 10.3. The van der Waals surface area contributed by atoms with E-state index >= 15 is 0 Å². The van der Waals surface area contributed by atoms with Crippen LogP contribution >= 0.6 is 0 Å². The molecule has 0 spiro atoms. The number of alkyl halides is 3. The van der Waals surface area contributed by atoms with Gasteiger partial charge in [-0.15, -0.1) is 0 Å². The lowest BCUT2D eigenvalue weighted by molar-refractivity contribution is -0.192. The summed E-state index contributed by atoms with van der Waals surface area (Å²) in [4.78, 5) is 31.8. The van der Waals surface area contributed by atoms with E-state index in [0.717, 1.165) is 0 Å². The number of nitrogens with one attached hydrogen (secondary N) is 1. The zero-order valence-electron chi connectivity index (χ0n) is 13.5. The summed E-state index contributed by atoms with van der Waals surface area (Å²) in [6.45, 7) is 4.61. The van der Waals surface area contributed by atoms with Crippen molar-refractivity contribution in [3.8, 4) is 12.0 Å². The van der Waals surface area contributed by atoms with Crippen molar-refractivity contribution >= 4 is 17.8 Å². The lowest BCUT2D eigenvalue weighted by Gasteiger charge is -2.24. The number of methoxy groups -OCH3 is 1. The highest BCUT2D eigenvalue weighted by molar-refractivity contribution is 5.89. The molecule has 0 radical (unpaired) electrons. The molecule has 11 heteroatoms. The number of carbonyl (C=O) groups excluding carboxylic acids is 2. The van der Waals surface area contributed by atoms with Crippen LogP contribution in [-0.2, 0) is 23.9 Å². The summed E-state index contributed by atoms with van der Waals surface area (Å²) < 4.78 is 41.1. The molecule has 4 N–H and O–H groups in total. The van der Waals surface area contributed by atoms with Crippen LogP contribution in [0.15, 0.2) is 0 Å². The first-order chi connectivity index (χ1) is 10.8. The van der Waals surface area contributed by atoms with Gasteiger partial charge in [0.2, 0.25) is 5.91 Å². The smallest absolute Gasteiger partial charge is 0.475 e. The average molecular weight is 356 g/mol. The number of ether oxygens (including phenoxy) is 2. The minimum absolute atomic E-state index is 0.0378. The van der Waals surface area contributed by atoms with Gasteiger partial charge in [0.25, 0.3) is 0 Å². The van der Waals surface area contributed by atoms with Gasteiger partial charge in [0, 0.05) is 6.92 Å². The van der Waals surface area contributed by atoms with Crippen molar-refractivity contribution in [1.82, 2.24) is 5.32 Å². The number of carbonyl (C=O) groups is 3. The van der Waals surface area contributed by atoms with Crippen LogP contribution in [0, 0.1) is 12.0 Å². The fraction of sp³-hybridized carbons (Fsp3) is 0.615. The van der Waals surface area contributed by atoms with E-state index in [1.165, 1.54) is 21.0 Å². The monoisotopic (exact) mass is 356 g/mol. The van der Waals surface area contributed by atoms with Crippen LogP contribution < -0.4 is 11.1 Å². The van der Waals surface area contributed by atoms with Gasteiger partial charge < -0.3 is 25.6 Å². The molecule has 0 fully saturated rings. The highest BCUT2D eigenvalue weighted by atomic mass is 19.4. The van der Waals surface area contributed by atoms with Gasteiger partial charge >= 0.3 is 18.1 Å². The molecule has 24 heavy (non-hydrogen) atoms. The molecule has 0 bridgehead atoms. The Morgan fingerprint density at radius 2 is 1.75 bits per heavy atom. The number of rotatable bonds is 5. The molecule has 8 nitrogen and oxygen atoms in total. The maximum absolute atomic E-state index is 11.6. The van der Waals surface area contributed by atoms with Crippen LogP contribution in [0.2, 0.25) is 0 Å². The van der Waals surface area contributed by atoms with E-state index in [1.807, 2.05) is 0 Å². The number of aliphatic carboxylic acids is 1. The first-order valence-electron chi connectivity index (χ1n) is 6.29. The molecule has 0 rings (SSSR count). The van der Waals surface area contributed by atoms with Crippen LogP contribution in [-0.4, -0.2) is 54.4 Å². The van der Waals surface area contributed by atoms with Gasteiger partial charge in [-0.1, -0.05) is 5.92 Å². The van der Waals surface area contributed by atoms with Crippen molar-refractivity contribution in [2.24, 2.45) is 5.73 Å². The Balaban J connectivity index is 0. The van der Waals surface area contributed by atoms with Gasteiger partial charge in [0.05, 0.1) is 7.11 Å². The van der Waals surface area contributed by atoms with E-state index in [1.54, 1.807) is 6.92 Å². The topological polar surface area (TPSA) is 128 Å². The van der Waals surface area contributed by atoms with Crippen LogP contribution in [0.4, 0.5) is 13.2 Å². The molecule has 0 aliphatic carbocycles. The van der Waals surface area contributed by atoms with Crippen molar-refractivity contribution in [1.29, 1.82) is 0 Å². The zero-order chi connectivity index (χ0) is 19.6. The molecule has 1 atom stereocenters.